The average molecular weight is 459 g/mol. The largest absolute Gasteiger partial charge is 0.493 e. The summed E-state index contributed by atoms with van der Waals surface area (Å²) in [6.07, 6.45) is 1.97. The number of benzene rings is 2. The van der Waals surface area contributed by atoms with Crippen LogP contribution in [0.1, 0.15) is 30.9 Å². The van der Waals surface area contributed by atoms with Crippen LogP contribution in [-0.4, -0.2) is 56.2 Å². The summed E-state index contributed by atoms with van der Waals surface area (Å²) in [5.74, 6) is 0.248. The normalized spacial score (nSPS) is 16.2. The zero-order valence-electron chi connectivity index (χ0n) is 19.3. The van der Waals surface area contributed by atoms with E-state index in [1.54, 1.807) is 44.4 Å². The van der Waals surface area contributed by atoms with Crippen LogP contribution >= 0.6 is 0 Å². The first-order chi connectivity index (χ1) is 15.9. The van der Waals surface area contributed by atoms with E-state index in [4.69, 9.17) is 14.2 Å². The summed E-state index contributed by atoms with van der Waals surface area (Å²) < 4.78 is 29.5. The molecule has 33 heavy (non-hydrogen) atoms. The minimum atomic E-state index is -0.718. The molecule has 0 spiro atoms. The molecule has 1 aliphatic heterocycles. The van der Waals surface area contributed by atoms with Crippen LogP contribution in [0.5, 0.6) is 11.5 Å². The Morgan fingerprint density at radius 1 is 1.12 bits per heavy atom. The molecule has 0 aliphatic carbocycles. The molecule has 178 valence electrons. The molecule has 1 N–H and O–H groups in total. The molecule has 3 rings (SSSR count). The van der Waals surface area contributed by atoms with Crippen LogP contribution in [0.2, 0.25) is 0 Å². The maximum atomic E-state index is 13.4. The minimum Gasteiger partial charge on any atom is -0.493 e. The number of hydrogen-bond donors (Lipinski definition) is 1. The van der Waals surface area contributed by atoms with Crippen molar-refractivity contribution in [2.24, 2.45) is 0 Å². The molecule has 2 aromatic carbocycles. The molecule has 7 nitrogen and oxygen atoms in total. The molecular weight excluding hydrogens is 427 g/mol. The molecule has 1 heterocycles. The number of halogens is 1. The van der Waals surface area contributed by atoms with Gasteiger partial charge < -0.3 is 24.4 Å². The Balaban J connectivity index is 1.75. The van der Waals surface area contributed by atoms with Crippen LogP contribution in [-0.2, 0) is 27.3 Å². The van der Waals surface area contributed by atoms with Crippen LogP contribution in [0.25, 0.3) is 0 Å². The number of rotatable bonds is 10. The van der Waals surface area contributed by atoms with Crippen LogP contribution in [0.4, 0.5) is 4.39 Å². The fraction of sp³-hybridized carbons (Fsp3) is 0.440. The monoisotopic (exact) mass is 458 g/mol. The van der Waals surface area contributed by atoms with Gasteiger partial charge in [0.2, 0.25) is 11.8 Å². The first kappa shape index (κ1) is 24.5. The molecule has 1 fully saturated rings. The Morgan fingerprint density at radius 3 is 2.45 bits per heavy atom. The zero-order chi connectivity index (χ0) is 23.8. The molecule has 0 saturated carbocycles. The number of carbonyl (C=O) groups excluding carboxylic acids is 2. The van der Waals surface area contributed by atoms with Crippen LogP contribution < -0.4 is 14.8 Å². The third-order valence-electron chi connectivity index (χ3n) is 5.76. The smallest absolute Gasteiger partial charge is 0.242 e. The summed E-state index contributed by atoms with van der Waals surface area (Å²) in [6.45, 7) is 3.00. The van der Waals surface area contributed by atoms with Gasteiger partial charge in [-0.25, -0.2) is 4.39 Å². The highest BCUT2D eigenvalue weighted by molar-refractivity contribution is 5.88. The van der Waals surface area contributed by atoms with Gasteiger partial charge in [-0.15, -0.1) is 0 Å². The summed E-state index contributed by atoms with van der Waals surface area (Å²) in [5, 5.41) is 2.90. The highest BCUT2D eigenvalue weighted by Crippen LogP contribution is 2.28. The summed E-state index contributed by atoms with van der Waals surface area (Å²) in [4.78, 5) is 27.7. The van der Waals surface area contributed by atoms with Crippen molar-refractivity contribution in [2.45, 2.75) is 44.9 Å². The molecule has 2 atom stereocenters. The molecule has 2 amide bonds. The molecule has 0 aromatic heterocycles. The molecular formula is C25H31FN2O5. The Kier molecular flexibility index (Phi) is 8.65. The Labute approximate surface area is 193 Å². The lowest BCUT2D eigenvalue weighted by atomic mass is 10.1. The number of carbonyl (C=O) groups is 2. The highest BCUT2D eigenvalue weighted by Gasteiger charge is 2.27. The van der Waals surface area contributed by atoms with Crippen molar-refractivity contribution in [3.8, 4) is 11.5 Å². The van der Waals surface area contributed by atoms with Crippen LogP contribution in [0, 0.1) is 5.82 Å². The molecule has 1 saturated heterocycles. The van der Waals surface area contributed by atoms with Gasteiger partial charge >= 0.3 is 0 Å². The second kappa shape index (κ2) is 11.7. The number of hydrogen-bond acceptors (Lipinski definition) is 5. The summed E-state index contributed by atoms with van der Waals surface area (Å²) in [7, 11) is 3.08. The molecule has 8 heteroatoms. The van der Waals surface area contributed by atoms with Crippen molar-refractivity contribution in [1.82, 2.24) is 10.2 Å². The predicted octanol–water partition coefficient (Wildman–Crippen LogP) is 3.10. The van der Waals surface area contributed by atoms with E-state index in [2.05, 4.69) is 5.32 Å². The molecule has 1 aliphatic rings. The van der Waals surface area contributed by atoms with Crippen molar-refractivity contribution in [1.29, 1.82) is 0 Å². The minimum absolute atomic E-state index is 0.00849. The fourth-order valence-corrected chi connectivity index (χ4v) is 3.80. The van der Waals surface area contributed by atoms with E-state index in [9.17, 15) is 14.0 Å². The molecule has 0 unspecified atom stereocenters. The first-order valence-electron chi connectivity index (χ1n) is 11.1. The van der Waals surface area contributed by atoms with Gasteiger partial charge in [0, 0.05) is 19.7 Å². The molecule has 2 aromatic rings. The third kappa shape index (κ3) is 6.68. The van der Waals surface area contributed by atoms with Gasteiger partial charge in [-0.3, -0.25) is 9.59 Å². The maximum Gasteiger partial charge on any atom is 0.242 e. The van der Waals surface area contributed by atoms with Crippen LogP contribution in [0.15, 0.2) is 42.5 Å². The summed E-state index contributed by atoms with van der Waals surface area (Å²) >= 11 is 0. The number of methoxy groups -OCH3 is 2. The van der Waals surface area contributed by atoms with E-state index in [0.717, 1.165) is 24.0 Å². The lowest BCUT2D eigenvalue weighted by molar-refractivity contribution is -0.140. The quantitative estimate of drug-likeness (QED) is 0.592. The Bertz CT molecular complexity index is 944. The van der Waals surface area contributed by atoms with Crippen LogP contribution in [0.3, 0.4) is 0 Å². The zero-order valence-corrected chi connectivity index (χ0v) is 19.3. The SMILES string of the molecule is COc1ccc(CC(=O)N(Cc2ccc(F)cc2)[C@@H](C)C(=O)NC[C@H]2CCCO2)cc1OC. The molecule has 0 bridgehead atoms. The topological polar surface area (TPSA) is 77.1 Å². The second-order valence-corrected chi connectivity index (χ2v) is 8.07. The maximum absolute atomic E-state index is 13.4. The average Bonchev–Trinajstić information content (AvgIpc) is 3.35. The first-order valence-corrected chi connectivity index (χ1v) is 11.1. The van der Waals surface area contributed by atoms with Gasteiger partial charge in [0.05, 0.1) is 26.7 Å². The number of amides is 2. The number of ether oxygens (including phenoxy) is 3. The Morgan fingerprint density at radius 2 is 1.82 bits per heavy atom. The second-order valence-electron chi connectivity index (χ2n) is 8.07. The van der Waals surface area contributed by atoms with Crippen molar-refractivity contribution in [2.75, 3.05) is 27.4 Å². The number of nitrogens with one attached hydrogen (secondary N) is 1. The number of nitrogens with zero attached hydrogens (tertiary/aromatic N) is 1. The van der Waals surface area contributed by atoms with Gasteiger partial charge in [-0.05, 0) is 55.2 Å². The van der Waals surface area contributed by atoms with E-state index >= 15 is 0 Å². The lowest BCUT2D eigenvalue weighted by Crippen LogP contribution is -2.49. The van der Waals surface area contributed by atoms with E-state index < -0.39 is 6.04 Å². The third-order valence-corrected chi connectivity index (χ3v) is 5.76. The summed E-state index contributed by atoms with van der Waals surface area (Å²) in [6, 6.07) is 10.5. The Hall–Kier alpha value is -3.13. The van der Waals surface area contributed by atoms with Gasteiger partial charge in [0.25, 0.3) is 0 Å². The lowest BCUT2D eigenvalue weighted by Gasteiger charge is -2.29. The van der Waals surface area contributed by atoms with Gasteiger partial charge in [0.15, 0.2) is 11.5 Å². The van der Waals surface area contributed by atoms with Crippen molar-refractivity contribution in [3.05, 3.63) is 59.4 Å². The molecule has 0 radical (unpaired) electrons. The van der Waals surface area contributed by atoms with Gasteiger partial charge in [0.1, 0.15) is 11.9 Å². The summed E-state index contributed by atoms with van der Waals surface area (Å²) in [5.41, 5.74) is 1.46. The van der Waals surface area contributed by atoms with Gasteiger partial charge in [-0.2, -0.15) is 0 Å². The van der Waals surface area contributed by atoms with E-state index in [0.29, 0.717) is 24.7 Å². The van der Waals surface area contributed by atoms with Gasteiger partial charge in [-0.1, -0.05) is 18.2 Å². The van der Waals surface area contributed by atoms with E-state index in [1.165, 1.54) is 24.1 Å². The van der Waals surface area contributed by atoms with Crippen molar-refractivity contribution < 1.29 is 28.2 Å². The van der Waals surface area contributed by atoms with Crippen molar-refractivity contribution >= 4 is 11.8 Å². The van der Waals surface area contributed by atoms with E-state index in [1.807, 2.05) is 0 Å². The van der Waals surface area contributed by atoms with E-state index in [-0.39, 0.29) is 36.7 Å². The van der Waals surface area contributed by atoms with Crippen molar-refractivity contribution in [3.63, 3.8) is 0 Å². The predicted molar refractivity (Wildman–Crippen MR) is 122 cm³/mol. The standard InChI is InChI=1S/C25H31FN2O5/c1-17(25(30)27-15-21-5-4-12-33-21)28(16-18-6-9-20(26)10-7-18)24(29)14-19-8-11-22(31-2)23(13-19)32-3/h6-11,13,17,21H,4-5,12,14-16H2,1-3H3,(H,27,30)/t17-,21+/m0/s1. The fourth-order valence-electron chi connectivity index (χ4n) is 3.80. The highest BCUT2D eigenvalue weighted by atomic mass is 19.1.